The number of nitrogens with zero attached hydrogens (tertiary/aromatic N) is 1. The first kappa shape index (κ1) is 12.9. The third-order valence-corrected chi connectivity index (χ3v) is 3.36. The molecule has 1 aliphatic heterocycles. The van der Waals surface area contributed by atoms with Gasteiger partial charge in [-0.1, -0.05) is 13.3 Å². The number of hydrogen-bond donors (Lipinski definition) is 1. The first-order valence-corrected chi connectivity index (χ1v) is 6.34. The molecule has 0 bridgehead atoms. The average Bonchev–Trinajstić information content (AvgIpc) is 2.28. The number of piperidine rings is 1. The minimum absolute atomic E-state index is 0.504. The monoisotopic (exact) mass is 214 g/mol. The van der Waals surface area contributed by atoms with Crippen LogP contribution in [0.3, 0.4) is 0 Å². The maximum Gasteiger partial charge on any atom is 0.0599 e. The van der Waals surface area contributed by atoms with Crippen LogP contribution in [0.2, 0.25) is 0 Å². The normalized spacial score (nSPS) is 21.8. The summed E-state index contributed by atoms with van der Waals surface area (Å²) in [6.07, 6.45) is 4.08. The molecule has 0 aromatic carbocycles. The van der Waals surface area contributed by atoms with Crippen LogP contribution in [-0.2, 0) is 4.74 Å². The highest BCUT2D eigenvalue weighted by atomic mass is 16.5. The first-order chi connectivity index (χ1) is 7.30. The van der Waals surface area contributed by atoms with Crippen LogP contribution < -0.4 is 5.73 Å². The lowest BCUT2D eigenvalue weighted by Gasteiger charge is -2.33. The molecule has 1 unspecified atom stereocenters. The van der Waals surface area contributed by atoms with Crippen molar-refractivity contribution in [2.24, 2.45) is 11.7 Å². The van der Waals surface area contributed by atoms with Crippen LogP contribution in [0.1, 0.15) is 33.1 Å². The van der Waals surface area contributed by atoms with Crippen LogP contribution >= 0.6 is 0 Å². The Bertz CT molecular complexity index is 152. The van der Waals surface area contributed by atoms with Crippen LogP contribution in [0.5, 0.6) is 0 Å². The quantitative estimate of drug-likeness (QED) is 0.728. The van der Waals surface area contributed by atoms with Crippen LogP contribution in [0.25, 0.3) is 0 Å². The molecule has 1 aliphatic rings. The van der Waals surface area contributed by atoms with Gasteiger partial charge in [-0.25, -0.2) is 0 Å². The first-order valence-electron chi connectivity index (χ1n) is 6.34. The summed E-state index contributed by atoms with van der Waals surface area (Å²) >= 11 is 0. The second kappa shape index (κ2) is 7.20. The van der Waals surface area contributed by atoms with Gasteiger partial charge in [-0.2, -0.15) is 0 Å². The maximum atomic E-state index is 5.72. The van der Waals surface area contributed by atoms with Gasteiger partial charge >= 0.3 is 0 Å². The van der Waals surface area contributed by atoms with Gasteiger partial charge in [0.25, 0.3) is 0 Å². The van der Waals surface area contributed by atoms with E-state index in [0.717, 1.165) is 13.2 Å². The second-order valence-corrected chi connectivity index (χ2v) is 4.47. The van der Waals surface area contributed by atoms with Gasteiger partial charge in [-0.3, -0.25) is 0 Å². The zero-order chi connectivity index (χ0) is 11.1. The van der Waals surface area contributed by atoms with E-state index in [4.69, 9.17) is 10.5 Å². The van der Waals surface area contributed by atoms with Crippen molar-refractivity contribution in [2.75, 3.05) is 32.8 Å². The summed E-state index contributed by atoms with van der Waals surface area (Å²) in [7, 11) is 0. The fourth-order valence-electron chi connectivity index (χ4n) is 2.23. The number of rotatable bonds is 6. The van der Waals surface area contributed by atoms with E-state index in [0.29, 0.717) is 12.0 Å². The minimum atomic E-state index is 0.504. The third-order valence-electron chi connectivity index (χ3n) is 3.36. The molecule has 0 amide bonds. The van der Waals surface area contributed by atoms with Crippen LogP contribution in [0.15, 0.2) is 0 Å². The summed E-state index contributed by atoms with van der Waals surface area (Å²) < 4.78 is 5.64. The Morgan fingerprint density at radius 1 is 1.33 bits per heavy atom. The molecule has 1 saturated heterocycles. The standard InChI is InChI=1S/C12H26N2O/c1-3-11(9-13)10-14-7-5-12(6-8-14)15-4-2/h11-12H,3-10,13H2,1-2H3. The van der Waals surface area contributed by atoms with Crippen molar-refractivity contribution < 1.29 is 4.74 Å². The van der Waals surface area contributed by atoms with Crippen molar-refractivity contribution in [1.82, 2.24) is 4.90 Å². The molecule has 3 nitrogen and oxygen atoms in total. The number of nitrogens with two attached hydrogens (primary N) is 1. The lowest BCUT2D eigenvalue weighted by atomic mass is 10.0. The summed E-state index contributed by atoms with van der Waals surface area (Å²) in [6, 6.07) is 0. The molecule has 0 aliphatic carbocycles. The Labute approximate surface area is 94.0 Å². The van der Waals surface area contributed by atoms with Gasteiger partial charge in [0.2, 0.25) is 0 Å². The second-order valence-electron chi connectivity index (χ2n) is 4.47. The molecule has 2 N–H and O–H groups in total. The lowest BCUT2D eigenvalue weighted by molar-refractivity contribution is 0.0112. The van der Waals surface area contributed by atoms with Crippen LogP contribution in [-0.4, -0.2) is 43.8 Å². The fraction of sp³-hybridized carbons (Fsp3) is 1.00. The Kier molecular flexibility index (Phi) is 6.22. The van der Waals surface area contributed by atoms with Gasteiger partial charge in [-0.15, -0.1) is 0 Å². The predicted molar refractivity (Wildman–Crippen MR) is 63.9 cm³/mol. The molecule has 1 heterocycles. The van der Waals surface area contributed by atoms with E-state index < -0.39 is 0 Å². The summed E-state index contributed by atoms with van der Waals surface area (Å²) in [5.74, 6) is 0.675. The smallest absolute Gasteiger partial charge is 0.0599 e. The lowest BCUT2D eigenvalue weighted by Crippen LogP contribution is -2.40. The van der Waals surface area contributed by atoms with Gasteiger partial charge in [-0.05, 0) is 32.2 Å². The van der Waals surface area contributed by atoms with Gasteiger partial charge in [0, 0.05) is 26.2 Å². The molecule has 1 rings (SSSR count). The van der Waals surface area contributed by atoms with Crippen molar-refractivity contribution >= 4 is 0 Å². The van der Waals surface area contributed by atoms with Crippen molar-refractivity contribution in [1.29, 1.82) is 0 Å². The highest BCUT2D eigenvalue weighted by molar-refractivity contribution is 4.74. The van der Waals surface area contributed by atoms with E-state index in [9.17, 15) is 0 Å². The summed E-state index contributed by atoms with van der Waals surface area (Å²) in [5.41, 5.74) is 5.72. The molecule has 0 aromatic rings. The predicted octanol–water partition coefficient (Wildman–Crippen LogP) is 1.47. The maximum absolute atomic E-state index is 5.72. The molecule has 0 radical (unpaired) electrons. The van der Waals surface area contributed by atoms with Crippen molar-refractivity contribution in [3.63, 3.8) is 0 Å². The zero-order valence-electron chi connectivity index (χ0n) is 10.2. The largest absolute Gasteiger partial charge is 0.378 e. The molecule has 15 heavy (non-hydrogen) atoms. The molecular formula is C12H26N2O. The van der Waals surface area contributed by atoms with E-state index in [1.165, 1.54) is 38.9 Å². The summed E-state index contributed by atoms with van der Waals surface area (Å²) in [6.45, 7) is 9.51. The number of likely N-dealkylation sites (tertiary alicyclic amines) is 1. The summed E-state index contributed by atoms with van der Waals surface area (Å²) in [5, 5.41) is 0. The highest BCUT2D eigenvalue weighted by Crippen LogP contribution is 2.15. The van der Waals surface area contributed by atoms with E-state index in [-0.39, 0.29) is 0 Å². The molecule has 0 saturated carbocycles. The average molecular weight is 214 g/mol. The van der Waals surface area contributed by atoms with E-state index in [2.05, 4.69) is 18.7 Å². The van der Waals surface area contributed by atoms with E-state index in [1.54, 1.807) is 0 Å². The molecule has 90 valence electrons. The van der Waals surface area contributed by atoms with E-state index in [1.807, 2.05) is 0 Å². The molecular weight excluding hydrogens is 188 g/mol. The zero-order valence-corrected chi connectivity index (χ0v) is 10.2. The van der Waals surface area contributed by atoms with Crippen molar-refractivity contribution in [2.45, 2.75) is 39.2 Å². The van der Waals surface area contributed by atoms with Gasteiger partial charge in [0.05, 0.1) is 6.10 Å². The van der Waals surface area contributed by atoms with Crippen molar-refractivity contribution in [3.8, 4) is 0 Å². The van der Waals surface area contributed by atoms with Crippen molar-refractivity contribution in [3.05, 3.63) is 0 Å². The van der Waals surface area contributed by atoms with Gasteiger partial charge < -0.3 is 15.4 Å². The molecule has 0 aromatic heterocycles. The fourth-order valence-corrected chi connectivity index (χ4v) is 2.23. The third kappa shape index (κ3) is 4.49. The Morgan fingerprint density at radius 3 is 2.47 bits per heavy atom. The van der Waals surface area contributed by atoms with Gasteiger partial charge in [0.15, 0.2) is 0 Å². The molecule has 3 heteroatoms. The van der Waals surface area contributed by atoms with Gasteiger partial charge in [0.1, 0.15) is 0 Å². The molecule has 1 atom stereocenters. The Morgan fingerprint density at radius 2 is 2.00 bits per heavy atom. The topological polar surface area (TPSA) is 38.5 Å². The number of hydrogen-bond acceptors (Lipinski definition) is 3. The Hall–Kier alpha value is -0.120. The SMILES string of the molecule is CCOC1CCN(CC(CC)CN)CC1. The van der Waals surface area contributed by atoms with Crippen LogP contribution in [0.4, 0.5) is 0 Å². The Balaban J connectivity index is 2.19. The van der Waals surface area contributed by atoms with E-state index >= 15 is 0 Å². The highest BCUT2D eigenvalue weighted by Gasteiger charge is 2.20. The van der Waals surface area contributed by atoms with Crippen LogP contribution in [0, 0.1) is 5.92 Å². The molecule has 1 fully saturated rings. The number of ether oxygens (including phenoxy) is 1. The molecule has 0 spiro atoms. The summed E-state index contributed by atoms with van der Waals surface area (Å²) in [4.78, 5) is 2.54. The minimum Gasteiger partial charge on any atom is -0.378 e.